The van der Waals surface area contributed by atoms with E-state index in [9.17, 15) is 0 Å². The highest BCUT2D eigenvalue weighted by atomic mass is 28.3. The summed E-state index contributed by atoms with van der Waals surface area (Å²) in [5.74, 6) is 1.56. The van der Waals surface area contributed by atoms with Gasteiger partial charge in [0.1, 0.15) is 8.07 Å². The minimum Gasteiger partial charge on any atom is -0.0686 e. The largest absolute Gasteiger partial charge is 0.114 e. The van der Waals surface area contributed by atoms with Crippen LogP contribution in [0.25, 0.3) is 11.3 Å². The highest BCUT2D eigenvalue weighted by Gasteiger charge is 2.49. The molecule has 2 aromatic rings. The number of allylic oxidation sites excluding steroid dienone is 2. The van der Waals surface area contributed by atoms with Crippen molar-refractivity contribution in [3.8, 4) is 0 Å². The van der Waals surface area contributed by atoms with Gasteiger partial charge in [-0.2, -0.15) is 0 Å². The van der Waals surface area contributed by atoms with E-state index < -0.39 is 8.07 Å². The predicted octanol–water partition coefficient (Wildman–Crippen LogP) is 7.28. The lowest BCUT2D eigenvalue weighted by molar-refractivity contribution is 0.823. The smallest absolute Gasteiger partial charge is 0.0686 e. The van der Waals surface area contributed by atoms with Gasteiger partial charge in [-0.15, -0.1) is 0 Å². The summed E-state index contributed by atoms with van der Waals surface area (Å²) in [7, 11) is -1.49. The fraction of sp³-hybridized carbons (Fsp3) is 0.429. The van der Waals surface area contributed by atoms with Crippen LogP contribution >= 0.6 is 0 Å². The van der Waals surface area contributed by atoms with Crippen molar-refractivity contribution in [3.05, 3.63) is 74.4 Å². The topological polar surface area (TPSA) is 0 Å². The molecule has 2 aromatic carbocycles. The van der Waals surface area contributed by atoms with E-state index in [4.69, 9.17) is 0 Å². The molecular weight excluding hydrogens is 364 g/mol. The molecule has 0 bridgehead atoms. The van der Waals surface area contributed by atoms with E-state index in [2.05, 4.69) is 85.0 Å². The molecule has 150 valence electrons. The Morgan fingerprint density at radius 1 is 0.931 bits per heavy atom. The Balaban J connectivity index is 1.75. The maximum absolute atomic E-state index is 2.58. The van der Waals surface area contributed by atoms with Gasteiger partial charge >= 0.3 is 0 Å². The van der Waals surface area contributed by atoms with Crippen molar-refractivity contribution in [2.75, 3.05) is 0 Å². The number of hydrogen-bond donors (Lipinski definition) is 0. The first-order valence-corrected chi connectivity index (χ1v) is 14.4. The average Bonchev–Trinajstić information content (AvgIpc) is 3.13. The molecule has 0 spiro atoms. The van der Waals surface area contributed by atoms with Gasteiger partial charge in [0, 0.05) is 5.92 Å². The van der Waals surface area contributed by atoms with Crippen LogP contribution in [0.3, 0.4) is 0 Å². The van der Waals surface area contributed by atoms with Gasteiger partial charge in [0.15, 0.2) is 0 Å². The van der Waals surface area contributed by atoms with E-state index in [0.717, 1.165) is 0 Å². The monoisotopic (exact) mass is 398 g/mol. The molecule has 0 saturated heterocycles. The van der Waals surface area contributed by atoms with Gasteiger partial charge in [0.25, 0.3) is 0 Å². The Morgan fingerprint density at radius 3 is 2.31 bits per heavy atom. The van der Waals surface area contributed by atoms with Crippen molar-refractivity contribution in [1.82, 2.24) is 0 Å². The second-order valence-electron chi connectivity index (χ2n) is 10.8. The third-order valence-electron chi connectivity index (χ3n) is 7.71. The molecule has 5 rings (SSSR count). The van der Waals surface area contributed by atoms with Crippen LogP contribution in [0.1, 0.15) is 98.2 Å². The zero-order chi connectivity index (χ0) is 20.8. The highest BCUT2D eigenvalue weighted by Crippen LogP contribution is 2.51. The molecule has 0 N–H and O–H groups in total. The maximum atomic E-state index is 2.58. The molecule has 1 heterocycles. The number of fused-ring (bicyclic) bond motifs is 1. The first-order valence-electron chi connectivity index (χ1n) is 11.4. The normalized spacial score (nSPS) is 20.9. The van der Waals surface area contributed by atoms with Gasteiger partial charge in [0.2, 0.25) is 0 Å². The Morgan fingerprint density at radius 2 is 1.66 bits per heavy atom. The fourth-order valence-electron chi connectivity index (χ4n) is 6.41. The van der Waals surface area contributed by atoms with Crippen molar-refractivity contribution in [2.45, 2.75) is 78.8 Å². The lowest BCUT2D eigenvalue weighted by atomic mass is 9.83. The van der Waals surface area contributed by atoms with Gasteiger partial charge in [-0.25, -0.2) is 0 Å². The van der Waals surface area contributed by atoms with Crippen LogP contribution in [0.2, 0.25) is 13.1 Å². The van der Waals surface area contributed by atoms with E-state index >= 15 is 0 Å². The van der Waals surface area contributed by atoms with Gasteiger partial charge in [-0.05, 0) is 81.4 Å². The number of rotatable bonds is 3. The Labute approximate surface area is 177 Å². The number of benzene rings is 2. The molecule has 0 fully saturated rings. The minimum atomic E-state index is -1.49. The van der Waals surface area contributed by atoms with E-state index in [-0.39, 0.29) is 0 Å². The van der Waals surface area contributed by atoms with Crippen LogP contribution in [-0.2, 0) is 6.42 Å². The molecule has 0 saturated carbocycles. The van der Waals surface area contributed by atoms with Crippen molar-refractivity contribution in [2.24, 2.45) is 0 Å². The lowest BCUT2D eigenvalue weighted by Crippen LogP contribution is -2.56. The molecule has 1 heteroatoms. The van der Waals surface area contributed by atoms with Crippen molar-refractivity contribution in [3.63, 3.8) is 0 Å². The van der Waals surface area contributed by atoms with Crippen LogP contribution in [-0.4, -0.2) is 8.07 Å². The molecule has 0 radical (unpaired) electrons. The molecule has 2 aliphatic carbocycles. The van der Waals surface area contributed by atoms with Crippen LogP contribution in [0.5, 0.6) is 0 Å². The summed E-state index contributed by atoms with van der Waals surface area (Å²) < 4.78 is 0. The Kier molecular flexibility index (Phi) is 4.01. The van der Waals surface area contributed by atoms with E-state index in [0.29, 0.717) is 17.8 Å². The predicted molar refractivity (Wildman–Crippen MR) is 130 cm³/mol. The lowest BCUT2D eigenvalue weighted by Gasteiger charge is -2.42. The van der Waals surface area contributed by atoms with E-state index in [1.807, 2.05) is 0 Å². The standard InChI is InChI=1S/C28H34Si/c1-15(2)20-13-22(16(3)4)23-12-17(5)25(24(23)14-20)21-10-9-19-11-18(6)27-26(19)28(21)29(27,7)8/h9-10,12-16,25H,11H2,1-8H3. The zero-order valence-corrected chi connectivity index (χ0v) is 20.3. The molecule has 0 aromatic heterocycles. The zero-order valence-electron chi connectivity index (χ0n) is 19.3. The molecule has 0 amide bonds. The Hall–Kier alpha value is -1.86. The Bertz CT molecular complexity index is 1120. The molecule has 1 unspecified atom stereocenters. The van der Waals surface area contributed by atoms with E-state index in [1.165, 1.54) is 28.7 Å². The third-order valence-corrected chi connectivity index (χ3v) is 11.4. The summed E-state index contributed by atoms with van der Waals surface area (Å²) >= 11 is 0. The summed E-state index contributed by atoms with van der Waals surface area (Å²) in [6.45, 7) is 19.2. The molecule has 1 atom stereocenters. The first kappa shape index (κ1) is 19.1. The molecule has 29 heavy (non-hydrogen) atoms. The molecule has 3 aliphatic rings. The first-order chi connectivity index (χ1) is 13.6. The summed E-state index contributed by atoms with van der Waals surface area (Å²) in [5, 5.41) is 3.52. The SMILES string of the molecule is CC1=Cc2c(C(C)C)cc(C(C)C)cc2C1c1ccc2c3c1[Si](C)(C)C3=C(C)C2. The second-order valence-corrected chi connectivity index (χ2v) is 15.0. The summed E-state index contributed by atoms with van der Waals surface area (Å²) in [5.41, 5.74) is 14.1. The average molecular weight is 399 g/mol. The van der Waals surface area contributed by atoms with Gasteiger partial charge in [-0.1, -0.05) is 82.3 Å². The quantitative estimate of drug-likeness (QED) is 0.476. The van der Waals surface area contributed by atoms with Crippen molar-refractivity contribution in [1.29, 1.82) is 0 Å². The van der Waals surface area contributed by atoms with Gasteiger partial charge in [0.05, 0.1) is 0 Å². The van der Waals surface area contributed by atoms with Crippen molar-refractivity contribution >= 4 is 24.5 Å². The molecule has 1 aliphatic heterocycles. The number of hydrogen-bond acceptors (Lipinski definition) is 0. The minimum absolute atomic E-state index is 0.440. The third kappa shape index (κ3) is 2.43. The van der Waals surface area contributed by atoms with Crippen LogP contribution < -0.4 is 5.19 Å². The van der Waals surface area contributed by atoms with Crippen LogP contribution in [0, 0.1) is 0 Å². The summed E-state index contributed by atoms with van der Waals surface area (Å²) in [6, 6.07) is 9.93. The molecular formula is C28H34Si. The fourth-order valence-corrected chi connectivity index (χ4v) is 10.4. The van der Waals surface area contributed by atoms with E-state index in [1.54, 1.807) is 38.2 Å². The summed E-state index contributed by atoms with van der Waals surface area (Å²) in [4.78, 5) is 0. The maximum Gasteiger partial charge on any atom is 0.114 e. The molecule has 0 nitrogen and oxygen atoms in total. The van der Waals surface area contributed by atoms with Gasteiger partial charge < -0.3 is 0 Å². The van der Waals surface area contributed by atoms with Crippen LogP contribution in [0.4, 0.5) is 0 Å². The second kappa shape index (κ2) is 6.08. The van der Waals surface area contributed by atoms with Crippen molar-refractivity contribution < 1.29 is 0 Å². The van der Waals surface area contributed by atoms with Gasteiger partial charge in [-0.3, -0.25) is 0 Å². The van der Waals surface area contributed by atoms with Crippen LogP contribution in [0.15, 0.2) is 35.4 Å². The summed E-state index contributed by atoms with van der Waals surface area (Å²) in [6.07, 6.45) is 3.67. The highest BCUT2D eigenvalue weighted by molar-refractivity contribution is 7.10.